The van der Waals surface area contributed by atoms with Crippen LogP contribution in [0.3, 0.4) is 0 Å². The number of nitrogens with one attached hydrogen (secondary N) is 2. The molecule has 0 spiro atoms. The van der Waals surface area contributed by atoms with E-state index in [0.29, 0.717) is 13.2 Å². The molecule has 1 amide bonds. The fourth-order valence-corrected chi connectivity index (χ4v) is 2.56. The van der Waals surface area contributed by atoms with Crippen LogP contribution in [-0.4, -0.2) is 31.8 Å². The highest BCUT2D eigenvalue weighted by molar-refractivity contribution is 5.94. The van der Waals surface area contributed by atoms with Crippen molar-refractivity contribution in [2.24, 2.45) is 0 Å². The standard InChI is InChI=1S/C15H20N2O3/c18-15(14-3-1-2-7-19-14)17-12-4-5-13-11(9-12)10-16-6-8-20-13/h4-5,9,14,16H,1-3,6-8,10H2,(H,17,18). The van der Waals surface area contributed by atoms with Gasteiger partial charge in [0.1, 0.15) is 18.5 Å². The van der Waals surface area contributed by atoms with Crippen LogP contribution in [0.5, 0.6) is 5.75 Å². The van der Waals surface area contributed by atoms with Crippen LogP contribution in [0.15, 0.2) is 18.2 Å². The molecule has 1 atom stereocenters. The van der Waals surface area contributed by atoms with Crippen LogP contribution in [0.1, 0.15) is 24.8 Å². The lowest BCUT2D eigenvalue weighted by Gasteiger charge is -2.21. The van der Waals surface area contributed by atoms with Crippen molar-refractivity contribution in [1.82, 2.24) is 5.32 Å². The Hall–Kier alpha value is -1.59. The predicted octanol–water partition coefficient (Wildman–Crippen LogP) is 1.68. The van der Waals surface area contributed by atoms with Gasteiger partial charge in [-0.15, -0.1) is 0 Å². The van der Waals surface area contributed by atoms with E-state index in [-0.39, 0.29) is 12.0 Å². The van der Waals surface area contributed by atoms with Gasteiger partial charge in [-0.3, -0.25) is 4.79 Å². The molecule has 1 fully saturated rings. The zero-order valence-corrected chi connectivity index (χ0v) is 11.5. The van der Waals surface area contributed by atoms with Crippen LogP contribution in [0.25, 0.3) is 0 Å². The Labute approximate surface area is 118 Å². The van der Waals surface area contributed by atoms with Gasteiger partial charge in [-0.25, -0.2) is 0 Å². The van der Waals surface area contributed by atoms with Gasteiger partial charge in [0.15, 0.2) is 0 Å². The third kappa shape index (κ3) is 3.11. The molecule has 1 unspecified atom stereocenters. The third-order valence-corrected chi connectivity index (χ3v) is 3.65. The monoisotopic (exact) mass is 276 g/mol. The quantitative estimate of drug-likeness (QED) is 0.863. The number of hydrogen-bond donors (Lipinski definition) is 2. The first-order valence-electron chi connectivity index (χ1n) is 7.22. The summed E-state index contributed by atoms with van der Waals surface area (Å²) in [7, 11) is 0. The average molecular weight is 276 g/mol. The van der Waals surface area contributed by atoms with Gasteiger partial charge in [0.25, 0.3) is 5.91 Å². The van der Waals surface area contributed by atoms with Gasteiger partial charge in [0.05, 0.1) is 0 Å². The molecule has 3 rings (SSSR count). The summed E-state index contributed by atoms with van der Waals surface area (Å²) in [6.07, 6.45) is 2.60. The fourth-order valence-electron chi connectivity index (χ4n) is 2.56. The molecule has 5 nitrogen and oxygen atoms in total. The molecule has 0 saturated carbocycles. The molecular formula is C15H20N2O3. The summed E-state index contributed by atoms with van der Waals surface area (Å²) in [5, 5.41) is 6.22. The predicted molar refractivity (Wildman–Crippen MR) is 75.9 cm³/mol. The Balaban J connectivity index is 1.68. The SMILES string of the molecule is O=C(Nc1ccc2c(c1)CNCCO2)C1CCCCO1. The van der Waals surface area contributed by atoms with Crippen molar-refractivity contribution in [2.75, 3.05) is 25.1 Å². The maximum Gasteiger partial charge on any atom is 0.253 e. The zero-order valence-electron chi connectivity index (χ0n) is 11.5. The van der Waals surface area contributed by atoms with Gasteiger partial charge in [-0.2, -0.15) is 0 Å². The van der Waals surface area contributed by atoms with Gasteiger partial charge < -0.3 is 20.1 Å². The Morgan fingerprint density at radius 1 is 1.30 bits per heavy atom. The lowest BCUT2D eigenvalue weighted by Crippen LogP contribution is -2.33. The third-order valence-electron chi connectivity index (χ3n) is 3.65. The largest absolute Gasteiger partial charge is 0.492 e. The van der Waals surface area contributed by atoms with Gasteiger partial charge >= 0.3 is 0 Å². The maximum atomic E-state index is 12.1. The lowest BCUT2D eigenvalue weighted by molar-refractivity contribution is -0.129. The first-order chi connectivity index (χ1) is 9.83. The normalized spacial score (nSPS) is 22.3. The van der Waals surface area contributed by atoms with E-state index in [0.717, 1.165) is 49.4 Å². The molecule has 2 heterocycles. The molecule has 0 aromatic heterocycles. The molecule has 0 bridgehead atoms. The van der Waals surface area contributed by atoms with E-state index in [1.54, 1.807) is 0 Å². The Morgan fingerprint density at radius 2 is 2.25 bits per heavy atom. The minimum Gasteiger partial charge on any atom is -0.492 e. The first kappa shape index (κ1) is 13.4. The number of fused-ring (bicyclic) bond motifs is 1. The maximum absolute atomic E-state index is 12.1. The highest BCUT2D eigenvalue weighted by Crippen LogP contribution is 2.24. The molecule has 20 heavy (non-hydrogen) atoms. The molecule has 1 saturated heterocycles. The summed E-state index contributed by atoms with van der Waals surface area (Å²) in [4.78, 5) is 12.1. The summed E-state index contributed by atoms with van der Waals surface area (Å²) in [6, 6.07) is 5.76. The molecule has 2 aliphatic rings. The number of anilines is 1. The van der Waals surface area contributed by atoms with Crippen LogP contribution in [-0.2, 0) is 16.1 Å². The second kappa shape index (κ2) is 6.24. The molecule has 1 aromatic carbocycles. The average Bonchev–Trinajstić information content (AvgIpc) is 2.73. The highest BCUT2D eigenvalue weighted by atomic mass is 16.5. The van der Waals surface area contributed by atoms with E-state index >= 15 is 0 Å². The molecule has 108 valence electrons. The second-order valence-corrected chi connectivity index (χ2v) is 5.19. The van der Waals surface area contributed by atoms with E-state index in [9.17, 15) is 4.79 Å². The van der Waals surface area contributed by atoms with Crippen molar-refractivity contribution < 1.29 is 14.3 Å². The summed E-state index contributed by atoms with van der Waals surface area (Å²) in [5.74, 6) is 0.842. The minimum absolute atomic E-state index is 0.0489. The Bertz CT molecular complexity index is 484. The fraction of sp³-hybridized carbons (Fsp3) is 0.533. The number of carbonyl (C=O) groups is 1. The Morgan fingerprint density at radius 3 is 3.10 bits per heavy atom. The Kier molecular flexibility index (Phi) is 4.18. The number of amides is 1. The van der Waals surface area contributed by atoms with Gasteiger partial charge in [0, 0.05) is 30.9 Å². The summed E-state index contributed by atoms with van der Waals surface area (Å²) in [6.45, 7) is 2.96. The van der Waals surface area contributed by atoms with Crippen molar-refractivity contribution >= 4 is 11.6 Å². The van der Waals surface area contributed by atoms with E-state index < -0.39 is 0 Å². The van der Waals surface area contributed by atoms with E-state index in [1.807, 2.05) is 18.2 Å². The summed E-state index contributed by atoms with van der Waals surface area (Å²) >= 11 is 0. The highest BCUT2D eigenvalue weighted by Gasteiger charge is 2.22. The summed E-state index contributed by atoms with van der Waals surface area (Å²) in [5.41, 5.74) is 1.88. The van der Waals surface area contributed by atoms with E-state index in [2.05, 4.69) is 10.6 Å². The molecule has 0 radical (unpaired) electrons. The molecular weight excluding hydrogens is 256 g/mol. The molecule has 5 heteroatoms. The number of carbonyl (C=O) groups excluding carboxylic acids is 1. The van der Waals surface area contributed by atoms with E-state index in [1.165, 1.54) is 0 Å². The topological polar surface area (TPSA) is 59.6 Å². The summed E-state index contributed by atoms with van der Waals surface area (Å²) < 4.78 is 11.1. The molecule has 2 aliphatic heterocycles. The number of benzene rings is 1. The van der Waals surface area contributed by atoms with Crippen molar-refractivity contribution in [3.8, 4) is 5.75 Å². The number of rotatable bonds is 2. The zero-order chi connectivity index (χ0) is 13.8. The smallest absolute Gasteiger partial charge is 0.253 e. The van der Waals surface area contributed by atoms with Gasteiger partial charge in [-0.05, 0) is 37.5 Å². The second-order valence-electron chi connectivity index (χ2n) is 5.19. The van der Waals surface area contributed by atoms with Crippen molar-refractivity contribution in [3.63, 3.8) is 0 Å². The van der Waals surface area contributed by atoms with E-state index in [4.69, 9.17) is 9.47 Å². The van der Waals surface area contributed by atoms with Crippen LogP contribution >= 0.6 is 0 Å². The van der Waals surface area contributed by atoms with Crippen LogP contribution in [0.2, 0.25) is 0 Å². The van der Waals surface area contributed by atoms with Crippen LogP contribution < -0.4 is 15.4 Å². The van der Waals surface area contributed by atoms with Crippen LogP contribution in [0.4, 0.5) is 5.69 Å². The van der Waals surface area contributed by atoms with Crippen molar-refractivity contribution in [1.29, 1.82) is 0 Å². The van der Waals surface area contributed by atoms with Crippen molar-refractivity contribution in [2.45, 2.75) is 31.9 Å². The minimum atomic E-state index is -0.308. The van der Waals surface area contributed by atoms with Crippen molar-refractivity contribution in [3.05, 3.63) is 23.8 Å². The van der Waals surface area contributed by atoms with Gasteiger partial charge in [-0.1, -0.05) is 0 Å². The van der Waals surface area contributed by atoms with Crippen LogP contribution in [0, 0.1) is 0 Å². The molecule has 1 aromatic rings. The number of ether oxygens (including phenoxy) is 2. The van der Waals surface area contributed by atoms with Gasteiger partial charge in [0.2, 0.25) is 0 Å². The lowest BCUT2D eigenvalue weighted by atomic mass is 10.1. The molecule has 0 aliphatic carbocycles. The number of hydrogen-bond acceptors (Lipinski definition) is 4. The molecule has 2 N–H and O–H groups in total. The first-order valence-corrected chi connectivity index (χ1v) is 7.22.